The number of carbonyl (C=O) groups is 1. The Bertz CT molecular complexity index is 1830. The lowest BCUT2D eigenvalue weighted by atomic mass is 9.59. The van der Waals surface area contributed by atoms with Crippen LogP contribution >= 0.6 is 11.6 Å². The molecule has 3 aromatic rings. The van der Waals surface area contributed by atoms with Gasteiger partial charge >= 0.3 is 5.97 Å². The highest BCUT2D eigenvalue weighted by Gasteiger charge is 2.54. The molecule has 3 unspecified atom stereocenters. The Balaban J connectivity index is 1.04. The molecule has 10 heteroatoms. The zero-order chi connectivity index (χ0) is 37.5. The number of ether oxygens (including phenoxy) is 4. The number of aromatic nitrogens is 1. The Hall–Kier alpha value is -3.53. The van der Waals surface area contributed by atoms with E-state index in [0.29, 0.717) is 55.4 Å². The fraction of sp³-hybridized carbons (Fsp3) is 0.591. The van der Waals surface area contributed by atoms with Crippen molar-refractivity contribution < 1.29 is 28.8 Å². The standard InChI is InChI=1S/C44H56ClN3O6/c1-28(25-52-37-12-17-46-36-10-4-7-29(2)41(36)37)19-32-20-31-21-38-39(54-27-30(26-53-38)24-48-18-6-11-40(48)51-3)23-35(31)43(32)13-15-44(16-14-43,42(49)50)47-34-9-5-8-33(45)22-34/h5,8-9,12,17,21-23,28-30,32,40,47H,4,6-7,10-11,13-16,18-20,24-27H2,1-3H3,(H,49,50)/t28-,29-,30?,32?,40?,43?,44?/m1/s1. The predicted molar refractivity (Wildman–Crippen MR) is 210 cm³/mol. The van der Waals surface area contributed by atoms with E-state index in [1.165, 1.54) is 35.2 Å². The zero-order valence-electron chi connectivity index (χ0n) is 32.1. The number of hydrogen-bond donors (Lipinski definition) is 2. The molecule has 0 amide bonds. The number of hydrogen-bond acceptors (Lipinski definition) is 8. The number of fused-ring (bicyclic) bond motifs is 4. The van der Waals surface area contributed by atoms with E-state index in [1.54, 1.807) is 7.11 Å². The molecule has 5 atom stereocenters. The zero-order valence-corrected chi connectivity index (χ0v) is 32.8. The van der Waals surface area contributed by atoms with Crippen LogP contribution in [-0.4, -0.2) is 72.7 Å². The number of nitrogens with zero attached hydrogens (tertiary/aromatic N) is 2. The molecule has 2 aromatic carbocycles. The summed E-state index contributed by atoms with van der Waals surface area (Å²) in [5.74, 6) is 3.11. The van der Waals surface area contributed by atoms with Gasteiger partial charge in [-0.15, -0.1) is 0 Å². The van der Waals surface area contributed by atoms with Gasteiger partial charge in [-0.25, -0.2) is 4.79 Å². The van der Waals surface area contributed by atoms with Gasteiger partial charge in [0, 0.05) is 54.3 Å². The highest BCUT2D eigenvalue weighted by Crippen LogP contribution is 2.58. The second kappa shape index (κ2) is 15.5. The van der Waals surface area contributed by atoms with Crippen LogP contribution in [0.2, 0.25) is 5.02 Å². The predicted octanol–water partition coefficient (Wildman–Crippen LogP) is 8.66. The van der Waals surface area contributed by atoms with Crippen LogP contribution in [0.1, 0.15) is 99.9 Å². The summed E-state index contributed by atoms with van der Waals surface area (Å²) in [5, 5.41) is 14.7. The Morgan fingerprint density at radius 2 is 1.89 bits per heavy atom. The summed E-state index contributed by atoms with van der Waals surface area (Å²) in [6.07, 6.45) is 12.1. The fourth-order valence-corrected chi connectivity index (χ4v) is 10.7. The lowest BCUT2D eigenvalue weighted by Gasteiger charge is -2.47. The topological polar surface area (TPSA) is 102 Å². The van der Waals surface area contributed by atoms with Gasteiger partial charge in [-0.3, -0.25) is 9.88 Å². The van der Waals surface area contributed by atoms with E-state index in [1.807, 2.05) is 36.5 Å². The highest BCUT2D eigenvalue weighted by atomic mass is 35.5. The minimum absolute atomic E-state index is 0.167. The van der Waals surface area contributed by atoms with Gasteiger partial charge in [0.25, 0.3) is 0 Å². The lowest BCUT2D eigenvalue weighted by molar-refractivity contribution is -0.144. The molecule has 0 radical (unpaired) electrons. The molecule has 2 fully saturated rings. The van der Waals surface area contributed by atoms with Crippen molar-refractivity contribution in [3.63, 3.8) is 0 Å². The molecule has 2 aliphatic heterocycles. The number of nitrogens with one attached hydrogen (secondary N) is 1. The second-order valence-electron chi connectivity index (χ2n) is 17.0. The first kappa shape index (κ1) is 37.4. The number of pyridine rings is 1. The molecule has 0 bridgehead atoms. The van der Waals surface area contributed by atoms with Gasteiger partial charge in [-0.2, -0.15) is 0 Å². The van der Waals surface area contributed by atoms with Crippen molar-refractivity contribution in [2.45, 2.75) is 108 Å². The third kappa shape index (κ3) is 7.28. The van der Waals surface area contributed by atoms with Gasteiger partial charge in [0.2, 0.25) is 0 Å². The normalized spacial score (nSPS) is 29.6. The number of halogens is 1. The average molecular weight is 758 g/mol. The maximum atomic E-state index is 13.1. The largest absolute Gasteiger partial charge is 0.493 e. The van der Waals surface area contributed by atoms with E-state index in [-0.39, 0.29) is 17.6 Å². The van der Waals surface area contributed by atoms with Gasteiger partial charge in [0.1, 0.15) is 17.5 Å². The van der Waals surface area contributed by atoms with Crippen molar-refractivity contribution in [2.75, 3.05) is 45.3 Å². The van der Waals surface area contributed by atoms with Crippen LogP contribution in [0.3, 0.4) is 0 Å². The van der Waals surface area contributed by atoms with Crippen LogP contribution in [0.15, 0.2) is 48.7 Å². The molecule has 1 saturated heterocycles. The van der Waals surface area contributed by atoms with Crippen molar-refractivity contribution in [1.82, 2.24) is 9.88 Å². The number of aliphatic carboxylic acids is 1. The van der Waals surface area contributed by atoms with E-state index in [2.05, 4.69) is 41.2 Å². The molecule has 3 aliphatic carbocycles. The maximum Gasteiger partial charge on any atom is 0.329 e. The fourth-order valence-electron chi connectivity index (χ4n) is 10.5. The molecule has 3 heterocycles. The first-order valence-corrected chi connectivity index (χ1v) is 20.6. The first-order valence-electron chi connectivity index (χ1n) is 20.2. The minimum Gasteiger partial charge on any atom is -0.493 e. The Kier molecular flexibility index (Phi) is 10.8. The third-order valence-electron chi connectivity index (χ3n) is 13.4. The number of carboxylic acids is 1. The first-order chi connectivity index (χ1) is 26.2. The van der Waals surface area contributed by atoms with E-state index in [0.717, 1.165) is 81.0 Å². The average Bonchev–Trinajstić information content (AvgIpc) is 3.66. The molecule has 1 aromatic heterocycles. The van der Waals surface area contributed by atoms with E-state index in [4.69, 9.17) is 30.5 Å². The second-order valence-corrected chi connectivity index (χ2v) is 17.4. The molecule has 1 spiro atoms. The summed E-state index contributed by atoms with van der Waals surface area (Å²) in [5.41, 5.74) is 4.55. The summed E-state index contributed by atoms with van der Waals surface area (Å²) in [7, 11) is 1.80. The Morgan fingerprint density at radius 3 is 2.65 bits per heavy atom. The Labute approximate surface area is 325 Å². The van der Waals surface area contributed by atoms with E-state index < -0.39 is 11.5 Å². The monoisotopic (exact) mass is 757 g/mol. The van der Waals surface area contributed by atoms with E-state index >= 15 is 0 Å². The molecule has 9 nitrogen and oxygen atoms in total. The third-order valence-corrected chi connectivity index (χ3v) is 13.6. The van der Waals surface area contributed by atoms with Crippen LogP contribution in [0, 0.1) is 17.8 Å². The number of rotatable bonds is 11. The molecule has 290 valence electrons. The highest BCUT2D eigenvalue weighted by molar-refractivity contribution is 6.30. The van der Waals surface area contributed by atoms with Crippen molar-refractivity contribution in [2.24, 2.45) is 17.8 Å². The van der Waals surface area contributed by atoms with Gasteiger partial charge in [0.05, 0.1) is 19.8 Å². The summed E-state index contributed by atoms with van der Waals surface area (Å²) in [4.78, 5) is 20.2. The molecular weight excluding hydrogens is 702 g/mol. The van der Waals surface area contributed by atoms with Gasteiger partial charge in [-0.05, 0) is 141 Å². The van der Waals surface area contributed by atoms with Gasteiger partial charge < -0.3 is 29.4 Å². The number of anilines is 1. The van der Waals surface area contributed by atoms with Gasteiger partial charge in [-0.1, -0.05) is 31.5 Å². The van der Waals surface area contributed by atoms with Gasteiger partial charge in [0.15, 0.2) is 11.5 Å². The number of carboxylic acid groups (broad SMARTS) is 1. The van der Waals surface area contributed by atoms with Crippen LogP contribution in [0.5, 0.6) is 17.2 Å². The van der Waals surface area contributed by atoms with Crippen LogP contribution in [0.25, 0.3) is 0 Å². The lowest BCUT2D eigenvalue weighted by Crippen LogP contribution is -2.53. The quantitative estimate of drug-likeness (QED) is 0.199. The summed E-state index contributed by atoms with van der Waals surface area (Å²) < 4.78 is 25.5. The van der Waals surface area contributed by atoms with Crippen molar-refractivity contribution in [3.8, 4) is 17.2 Å². The smallest absolute Gasteiger partial charge is 0.329 e. The summed E-state index contributed by atoms with van der Waals surface area (Å²) >= 11 is 6.32. The number of likely N-dealkylation sites (tertiary alicyclic amines) is 1. The van der Waals surface area contributed by atoms with Crippen LogP contribution < -0.4 is 19.5 Å². The summed E-state index contributed by atoms with van der Waals surface area (Å²) in [6.45, 7) is 8.34. The van der Waals surface area contributed by atoms with Crippen LogP contribution in [0.4, 0.5) is 5.69 Å². The number of benzene rings is 2. The van der Waals surface area contributed by atoms with Crippen molar-refractivity contribution in [1.29, 1.82) is 0 Å². The van der Waals surface area contributed by atoms with Crippen molar-refractivity contribution >= 4 is 23.3 Å². The Morgan fingerprint density at radius 1 is 1.09 bits per heavy atom. The number of aryl methyl sites for hydroxylation is 1. The maximum absolute atomic E-state index is 13.1. The molecule has 8 rings (SSSR count). The molecule has 5 aliphatic rings. The minimum atomic E-state index is -1.08. The SMILES string of the molecule is COC1CCCN1CC1COc2cc3c(cc2OC1)C1(CCC(Nc2cccc(Cl)c2)(C(=O)O)CC1)C(C[C@@H](C)COc1ccnc2c1[C@H](C)CCC2)C3. The molecule has 54 heavy (non-hydrogen) atoms. The van der Waals surface area contributed by atoms with Crippen LogP contribution in [-0.2, 0) is 27.8 Å². The molecule has 1 saturated carbocycles. The molecular formula is C44H56ClN3O6. The van der Waals surface area contributed by atoms with E-state index in [9.17, 15) is 9.90 Å². The van der Waals surface area contributed by atoms with Crippen molar-refractivity contribution in [3.05, 3.63) is 76.1 Å². The summed E-state index contributed by atoms with van der Waals surface area (Å²) in [6, 6.07) is 13.9. The molecule has 2 N–H and O–H groups in total. The number of methoxy groups -OCH3 is 1.